The van der Waals surface area contributed by atoms with Crippen LogP contribution in [0.1, 0.15) is 34.1 Å². The molecule has 0 aromatic carbocycles. The molecule has 0 aliphatic heterocycles. The highest BCUT2D eigenvalue weighted by Crippen LogP contribution is 2.03. The van der Waals surface area contributed by atoms with Crippen LogP contribution in [-0.2, 0) is 9.59 Å². The molecule has 19 heavy (non-hydrogen) atoms. The highest BCUT2D eigenvalue weighted by atomic mass is 16.3. The van der Waals surface area contributed by atoms with E-state index in [0.29, 0.717) is 12.3 Å². The van der Waals surface area contributed by atoms with E-state index in [0.717, 1.165) is 0 Å². The number of aliphatic hydroxyl groups is 1. The Morgan fingerprint density at radius 2 is 1.79 bits per heavy atom. The molecule has 1 unspecified atom stereocenters. The molecule has 0 radical (unpaired) electrons. The molecule has 0 saturated heterocycles. The summed E-state index contributed by atoms with van der Waals surface area (Å²) in [5.74, 6) is -0.255. The third-order valence-electron chi connectivity index (χ3n) is 2.79. The van der Waals surface area contributed by atoms with Gasteiger partial charge in [0.2, 0.25) is 11.8 Å². The summed E-state index contributed by atoms with van der Waals surface area (Å²) in [7, 11) is 0. The van der Waals surface area contributed by atoms with Gasteiger partial charge in [-0.15, -0.1) is 0 Å². The van der Waals surface area contributed by atoms with E-state index in [9.17, 15) is 9.59 Å². The molecule has 0 aromatic heterocycles. The topological polar surface area (TPSA) is 104 Å². The summed E-state index contributed by atoms with van der Waals surface area (Å²) in [6.45, 7) is 7.48. The zero-order chi connectivity index (χ0) is 15.0. The number of nitrogens with one attached hydrogen (secondary N) is 2. The molecule has 2 amide bonds. The quantitative estimate of drug-likeness (QED) is 0.483. The molecule has 2 atom stereocenters. The van der Waals surface area contributed by atoms with Gasteiger partial charge in [0.25, 0.3) is 0 Å². The molecule has 0 fully saturated rings. The second-order valence-corrected chi connectivity index (χ2v) is 5.56. The van der Waals surface area contributed by atoms with Gasteiger partial charge in [0, 0.05) is 0 Å². The zero-order valence-electron chi connectivity index (χ0n) is 12.3. The predicted octanol–water partition coefficient (Wildman–Crippen LogP) is -0.391. The summed E-state index contributed by atoms with van der Waals surface area (Å²) in [5, 5.41) is 14.3. The van der Waals surface area contributed by atoms with Crippen LogP contribution in [-0.4, -0.2) is 42.2 Å². The van der Waals surface area contributed by atoms with Gasteiger partial charge in [-0.1, -0.05) is 27.7 Å². The first-order chi connectivity index (χ1) is 8.77. The Hall–Kier alpha value is -1.14. The monoisotopic (exact) mass is 273 g/mol. The minimum absolute atomic E-state index is 0.0224. The van der Waals surface area contributed by atoms with E-state index in [1.807, 2.05) is 27.7 Å². The number of hydrogen-bond acceptors (Lipinski definition) is 4. The standard InChI is InChI=1S/C13H27N3O3/c1-8(2)5-10(7-17)16-11(18)6-15-13(19)12(14)9(3)4/h8-10,12,17H,5-7,14H2,1-4H3,(H,15,19)(H,16,18)/t10?,12-/m0/s1. The molecule has 0 heterocycles. The summed E-state index contributed by atoms with van der Waals surface area (Å²) >= 11 is 0. The van der Waals surface area contributed by atoms with Crippen LogP contribution in [0, 0.1) is 11.8 Å². The maximum Gasteiger partial charge on any atom is 0.239 e. The van der Waals surface area contributed by atoms with Crippen molar-refractivity contribution in [2.75, 3.05) is 13.2 Å². The van der Waals surface area contributed by atoms with Crippen LogP contribution in [0.4, 0.5) is 0 Å². The Bertz CT molecular complexity index is 293. The van der Waals surface area contributed by atoms with Crippen molar-refractivity contribution in [1.82, 2.24) is 10.6 Å². The maximum absolute atomic E-state index is 11.6. The van der Waals surface area contributed by atoms with Crippen LogP contribution in [0.2, 0.25) is 0 Å². The second kappa shape index (κ2) is 8.87. The lowest BCUT2D eigenvalue weighted by Gasteiger charge is -2.19. The Balaban J connectivity index is 4.07. The van der Waals surface area contributed by atoms with Crippen molar-refractivity contribution in [3.05, 3.63) is 0 Å². The van der Waals surface area contributed by atoms with Crippen LogP contribution in [0.25, 0.3) is 0 Å². The van der Waals surface area contributed by atoms with Gasteiger partial charge in [-0.25, -0.2) is 0 Å². The van der Waals surface area contributed by atoms with E-state index >= 15 is 0 Å². The predicted molar refractivity (Wildman–Crippen MR) is 74.3 cm³/mol. The number of amides is 2. The van der Waals surface area contributed by atoms with Gasteiger partial charge in [0.1, 0.15) is 0 Å². The van der Waals surface area contributed by atoms with Gasteiger partial charge < -0.3 is 21.5 Å². The van der Waals surface area contributed by atoms with E-state index in [-0.39, 0.29) is 36.9 Å². The number of rotatable bonds is 8. The minimum Gasteiger partial charge on any atom is -0.394 e. The summed E-state index contributed by atoms with van der Waals surface area (Å²) in [5.41, 5.74) is 5.66. The second-order valence-electron chi connectivity index (χ2n) is 5.56. The Kier molecular flexibility index (Phi) is 8.34. The zero-order valence-corrected chi connectivity index (χ0v) is 12.3. The van der Waals surface area contributed by atoms with Crippen molar-refractivity contribution in [2.24, 2.45) is 17.6 Å². The molecule has 6 heteroatoms. The van der Waals surface area contributed by atoms with Crippen molar-refractivity contribution >= 4 is 11.8 Å². The molecule has 0 aromatic rings. The fourth-order valence-corrected chi connectivity index (χ4v) is 1.61. The average molecular weight is 273 g/mol. The molecule has 6 nitrogen and oxygen atoms in total. The lowest BCUT2D eigenvalue weighted by Crippen LogP contribution is -2.49. The summed E-state index contributed by atoms with van der Waals surface area (Å²) < 4.78 is 0. The molecule has 112 valence electrons. The molecule has 0 bridgehead atoms. The Morgan fingerprint density at radius 1 is 1.21 bits per heavy atom. The molecule has 0 aliphatic rings. The van der Waals surface area contributed by atoms with Gasteiger partial charge in [0.15, 0.2) is 0 Å². The largest absolute Gasteiger partial charge is 0.394 e. The molecule has 0 saturated carbocycles. The molecule has 0 aliphatic carbocycles. The van der Waals surface area contributed by atoms with Crippen LogP contribution in [0.5, 0.6) is 0 Å². The van der Waals surface area contributed by atoms with Crippen molar-refractivity contribution in [2.45, 2.75) is 46.2 Å². The van der Waals surface area contributed by atoms with E-state index in [2.05, 4.69) is 10.6 Å². The van der Waals surface area contributed by atoms with E-state index in [1.54, 1.807) is 0 Å². The number of carbonyl (C=O) groups excluding carboxylic acids is 2. The first-order valence-electron chi connectivity index (χ1n) is 6.71. The van der Waals surface area contributed by atoms with Gasteiger partial charge in [-0.05, 0) is 18.3 Å². The first-order valence-corrected chi connectivity index (χ1v) is 6.71. The van der Waals surface area contributed by atoms with Crippen LogP contribution >= 0.6 is 0 Å². The molecule has 0 spiro atoms. The Morgan fingerprint density at radius 3 is 2.21 bits per heavy atom. The summed E-state index contributed by atoms with van der Waals surface area (Å²) in [6, 6.07) is -0.889. The van der Waals surface area contributed by atoms with Gasteiger partial charge in [-0.2, -0.15) is 0 Å². The van der Waals surface area contributed by atoms with E-state index in [4.69, 9.17) is 10.8 Å². The lowest BCUT2D eigenvalue weighted by atomic mass is 10.0. The minimum atomic E-state index is -0.614. The van der Waals surface area contributed by atoms with Gasteiger partial charge >= 0.3 is 0 Å². The Labute approximate surface area is 115 Å². The first kappa shape index (κ1) is 17.9. The van der Waals surface area contributed by atoms with Crippen molar-refractivity contribution in [3.8, 4) is 0 Å². The highest BCUT2D eigenvalue weighted by molar-refractivity contribution is 5.87. The number of nitrogens with two attached hydrogens (primary N) is 1. The number of aliphatic hydroxyl groups excluding tert-OH is 1. The summed E-state index contributed by atoms with van der Waals surface area (Å²) in [4.78, 5) is 23.2. The average Bonchev–Trinajstić information content (AvgIpc) is 2.33. The normalized spacial score (nSPS) is 14.3. The SMILES string of the molecule is CC(C)CC(CO)NC(=O)CNC(=O)[C@@H](N)C(C)C. The molecule has 5 N–H and O–H groups in total. The smallest absolute Gasteiger partial charge is 0.239 e. The number of carbonyl (C=O) groups is 2. The van der Waals surface area contributed by atoms with Crippen LogP contribution in [0.3, 0.4) is 0 Å². The maximum atomic E-state index is 11.6. The third-order valence-corrected chi connectivity index (χ3v) is 2.79. The lowest BCUT2D eigenvalue weighted by molar-refractivity contribution is -0.127. The van der Waals surface area contributed by atoms with E-state index < -0.39 is 6.04 Å². The fourth-order valence-electron chi connectivity index (χ4n) is 1.61. The van der Waals surface area contributed by atoms with Gasteiger partial charge in [0.05, 0.1) is 25.2 Å². The van der Waals surface area contributed by atoms with Crippen molar-refractivity contribution < 1.29 is 14.7 Å². The molecule has 0 rings (SSSR count). The van der Waals surface area contributed by atoms with Crippen molar-refractivity contribution in [3.63, 3.8) is 0 Å². The van der Waals surface area contributed by atoms with Crippen LogP contribution < -0.4 is 16.4 Å². The van der Waals surface area contributed by atoms with Gasteiger partial charge in [-0.3, -0.25) is 9.59 Å². The third kappa shape index (κ3) is 7.79. The van der Waals surface area contributed by atoms with E-state index in [1.165, 1.54) is 0 Å². The summed E-state index contributed by atoms with van der Waals surface area (Å²) in [6.07, 6.45) is 0.696. The fraction of sp³-hybridized carbons (Fsp3) is 0.846. The number of hydrogen-bond donors (Lipinski definition) is 4. The highest BCUT2D eigenvalue weighted by Gasteiger charge is 2.18. The molecular weight excluding hydrogens is 246 g/mol. The molecular formula is C13H27N3O3. The van der Waals surface area contributed by atoms with Crippen molar-refractivity contribution in [1.29, 1.82) is 0 Å². The van der Waals surface area contributed by atoms with Crippen LogP contribution in [0.15, 0.2) is 0 Å².